The molecule has 0 aromatic heterocycles. The zero-order valence-corrected chi connectivity index (χ0v) is 13.7. The number of amides is 2. The number of anilines is 1. The summed E-state index contributed by atoms with van der Waals surface area (Å²) in [5, 5.41) is 3.27. The zero-order chi connectivity index (χ0) is 14.9. The molecule has 1 saturated heterocycles. The molecule has 0 bridgehead atoms. The molecule has 0 spiro atoms. The van der Waals surface area contributed by atoms with E-state index in [1.165, 1.54) is 4.90 Å². The van der Waals surface area contributed by atoms with Crippen molar-refractivity contribution in [1.29, 1.82) is 0 Å². The predicted octanol–water partition coefficient (Wildman–Crippen LogP) is 2.98. The molecule has 4 nitrogen and oxygen atoms in total. The topological polar surface area (TPSA) is 49.4 Å². The Balaban J connectivity index is 2.32. The molecule has 0 radical (unpaired) electrons. The van der Waals surface area contributed by atoms with Crippen molar-refractivity contribution < 1.29 is 9.59 Å². The number of halogens is 2. The van der Waals surface area contributed by atoms with Crippen LogP contribution in [0.1, 0.15) is 20.3 Å². The Morgan fingerprint density at radius 2 is 2.15 bits per heavy atom. The van der Waals surface area contributed by atoms with Gasteiger partial charge in [0.1, 0.15) is 12.6 Å². The van der Waals surface area contributed by atoms with E-state index in [1.807, 2.05) is 13.8 Å². The SMILES string of the molecule is CC(C)CC1NC(=O)CN(c2cccc(Cl)c2Br)C1=O. The van der Waals surface area contributed by atoms with Gasteiger partial charge in [0, 0.05) is 0 Å². The van der Waals surface area contributed by atoms with Gasteiger partial charge in [0.2, 0.25) is 11.8 Å². The summed E-state index contributed by atoms with van der Waals surface area (Å²) in [5.74, 6) is 0.0791. The lowest BCUT2D eigenvalue weighted by Gasteiger charge is -2.33. The number of carbonyl (C=O) groups is 2. The number of nitrogens with zero attached hydrogens (tertiary/aromatic N) is 1. The molecule has 1 unspecified atom stereocenters. The second kappa shape index (κ2) is 6.14. The van der Waals surface area contributed by atoms with Crippen LogP contribution in [0.3, 0.4) is 0 Å². The maximum Gasteiger partial charge on any atom is 0.250 e. The number of nitrogens with one attached hydrogen (secondary N) is 1. The van der Waals surface area contributed by atoms with Crippen LogP contribution in [0, 0.1) is 5.92 Å². The van der Waals surface area contributed by atoms with Gasteiger partial charge >= 0.3 is 0 Å². The fraction of sp³-hybridized carbons (Fsp3) is 0.429. The van der Waals surface area contributed by atoms with E-state index in [9.17, 15) is 9.59 Å². The lowest BCUT2D eigenvalue weighted by Crippen LogP contribution is -2.58. The van der Waals surface area contributed by atoms with Gasteiger partial charge in [-0.3, -0.25) is 9.59 Å². The van der Waals surface area contributed by atoms with Gasteiger partial charge in [-0.2, -0.15) is 0 Å². The smallest absolute Gasteiger partial charge is 0.250 e. The molecule has 2 amide bonds. The summed E-state index contributed by atoms with van der Waals surface area (Å²) in [6.07, 6.45) is 0.624. The summed E-state index contributed by atoms with van der Waals surface area (Å²) in [7, 11) is 0. The van der Waals surface area contributed by atoms with E-state index in [0.29, 0.717) is 27.5 Å². The van der Waals surface area contributed by atoms with Crippen molar-refractivity contribution in [2.45, 2.75) is 26.3 Å². The van der Waals surface area contributed by atoms with Crippen LogP contribution >= 0.6 is 27.5 Å². The van der Waals surface area contributed by atoms with Crippen LogP contribution in [0.15, 0.2) is 22.7 Å². The largest absolute Gasteiger partial charge is 0.343 e. The van der Waals surface area contributed by atoms with Crippen LogP contribution in [-0.2, 0) is 9.59 Å². The molecule has 0 aliphatic carbocycles. The monoisotopic (exact) mass is 358 g/mol. The summed E-state index contributed by atoms with van der Waals surface area (Å²) in [6.45, 7) is 4.06. The van der Waals surface area contributed by atoms with E-state index in [4.69, 9.17) is 11.6 Å². The van der Waals surface area contributed by atoms with Crippen molar-refractivity contribution in [3.8, 4) is 0 Å². The Morgan fingerprint density at radius 1 is 1.45 bits per heavy atom. The molecule has 2 rings (SSSR count). The van der Waals surface area contributed by atoms with E-state index in [2.05, 4.69) is 21.2 Å². The number of rotatable bonds is 3. The molecule has 108 valence electrons. The number of piperazine rings is 1. The van der Waals surface area contributed by atoms with E-state index >= 15 is 0 Å². The van der Waals surface area contributed by atoms with Crippen LogP contribution in [0.25, 0.3) is 0 Å². The van der Waals surface area contributed by atoms with Gasteiger partial charge in [-0.05, 0) is 40.4 Å². The van der Waals surface area contributed by atoms with Crippen molar-refractivity contribution in [3.63, 3.8) is 0 Å². The fourth-order valence-electron chi connectivity index (χ4n) is 2.25. The number of hydrogen-bond acceptors (Lipinski definition) is 2. The minimum atomic E-state index is -0.470. The highest BCUT2D eigenvalue weighted by atomic mass is 79.9. The molecule has 1 atom stereocenters. The molecule has 1 aromatic carbocycles. The molecule has 0 saturated carbocycles. The van der Waals surface area contributed by atoms with Gasteiger partial charge in [-0.1, -0.05) is 31.5 Å². The van der Waals surface area contributed by atoms with Crippen LogP contribution in [0.5, 0.6) is 0 Å². The third-order valence-corrected chi connectivity index (χ3v) is 4.51. The number of hydrogen-bond donors (Lipinski definition) is 1. The molecule has 20 heavy (non-hydrogen) atoms. The molecular weight excluding hydrogens is 344 g/mol. The van der Waals surface area contributed by atoms with Crippen LogP contribution in [0.2, 0.25) is 5.02 Å². The first-order chi connectivity index (χ1) is 9.40. The van der Waals surface area contributed by atoms with Gasteiger partial charge in [0.05, 0.1) is 15.2 Å². The second-order valence-electron chi connectivity index (χ2n) is 5.25. The average Bonchev–Trinajstić information content (AvgIpc) is 2.36. The fourth-order valence-corrected chi connectivity index (χ4v) is 2.90. The minimum absolute atomic E-state index is 0.0202. The van der Waals surface area contributed by atoms with Crippen LogP contribution < -0.4 is 10.2 Å². The van der Waals surface area contributed by atoms with Crippen LogP contribution in [0.4, 0.5) is 5.69 Å². The van der Waals surface area contributed by atoms with E-state index in [-0.39, 0.29) is 18.4 Å². The van der Waals surface area contributed by atoms with Gasteiger partial charge in [0.25, 0.3) is 0 Å². The van der Waals surface area contributed by atoms with Gasteiger partial charge < -0.3 is 10.2 Å². The Hall–Kier alpha value is -1.07. The molecule has 6 heteroatoms. The Kier molecular flexibility index (Phi) is 4.70. The first-order valence-electron chi connectivity index (χ1n) is 6.45. The zero-order valence-electron chi connectivity index (χ0n) is 11.3. The molecule has 1 aromatic rings. The van der Waals surface area contributed by atoms with Crippen molar-refractivity contribution in [2.75, 3.05) is 11.4 Å². The highest BCUT2D eigenvalue weighted by Crippen LogP contribution is 2.34. The number of carbonyl (C=O) groups excluding carboxylic acids is 2. The maximum absolute atomic E-state index is 12.5. The van der Waals surface area contributed by atoms with Crippen LogP contribution in [-0.4, -0.2) is 24.4 Å². The van der Waals surface area contributed by atoms with Crippen molar-refractivity contribution >= 4 is 45.0 Å². The lowest BCUT2D eigenvalue weighted by atomic mass is 10.0. The molecule has 1 aliphatic heterocycles. The minimum Gasteiger partial charge on any atom is -0.343 e. The Morgan fingerprint density at radius 3 is 2.80 bits per heavy atom. The maximum atomic E-state index is 12.5. The highest BCUT2D eigenvalue weighted by Gasteiger charge is 2.34. The molecule has 1 N–H and O–H groups in total. The summed E-state index contributed by atoms with van der Waals surface area (Å²) < 4.78 is 0.632. The predicted molar refractivity (Wildman–Crippen MR) is 82.9 cm³/mol. The molecule has 1 fully saturated rings. The van der Waals surface area contributed by atoms with Gasteiger partial charge in [-0.15, -0.1) is 0 Å². The van der Waals surface area contributed by atoms with E-state index in [1.54, 1.807) is 18.2 Å². The summed E-state index contributed by atoms with van der Waals surface area (Å²) in [5.41, 5.74) is 0.631. The van der Waals surface area contributed by atoms with Crippen molar-refractivity contribution in [2.24, 2.45) is 5.92 Å². The summed E-state index contributed by atoms with van der Waals surface area (Å²) in [6, 6.07) is 4.80. The molecular formula is C14H16BrClN2O2. The third-order valence-electron chi connectivity index (χ3n) is 3.13. The normalized spacial score (nSPS) is 19.4. The van der Waals surface area contributed by atoms with Gasteiger partial charge in [0.15, 0.2) is 0 Å². The van der Waals surface area contributed by atoms with Crippen molar-refractivity contribution in [1.82, 2.24) is 5.32 Å². The Labute approximate surface area is 131 Å². The standard InChI is InChI=1S/C14H16BrClN2O2/c1-8(2)6-10-14(20)18(7-12(19)17-10)11-5-3-4-9(16)13(11)15/h3-5,8,10H,6-7H2,1-2H3,(H,17,19). The first kappa shape index (κ1) is 15.3. The first-order valence-corrected chi connectivity index (χ1v) is 7.62. The average molecular weight is 360 g/mol. The van der Waals surface area contributed by atoms with E-state index < -0.39 is 6.04 Å². The van der Waals surface area contributed by atoms with Gasteiger partial charge in [-0.25, -0.2) is 0 Å². The quantitative estimate of drug-likeness (QED) is 0.902. The number of benzene rings is 1. The lowest BCUT2D eigenvalue weighted by molar-refractivity contribution is -0.131. The second-order valence-corrected chi connectivity index (χ2v) is 6.45. The van der Waals surface area contributed by atoms with E-state index in [0.717, 1.165) is 0 Å². The highest BCUT2D eigenvalue weighted by molar-refractivity contribution is 9.10. The van der Waals surface area contributed by atoms with Crippen molar-refractivity contribution in [3.05, 3.63) is 27.7 Å². The molecule has 1 heterocycles. The Bertz CT molecular complexity index is 548. The summed E-state index contributed by atoms with van der Waals surface area (Å²) >= 11 is 9.43. The molecule has 1 aliphatic rings. The third kappa shape index (κ3) is 3.15. The summed E-state index contributed by atoms with van der Waals surface area (Å²) in [4.78, 5) is 25.8.